The summed E-state index contributed by atoms with van der Waals surface area (Å²) < 4.78 is 32.6. The van der Waals surface area contributed by atoms with Gasteiger partial charge in [-0.3, -0.25) is 0 Å². The molecule has 0 aliphatic heterocycles. The van der Waals surface area contributed by atoms with Crippen molar-refractivity contribution in [2.45, 2.75) is 16.4 Å². The lowest BCUT2D eigenvalue weighted by molar-refractivity contribution is 0.302. The fraction of sp³-hybridized carbons (Fsp3) is 0.0645. The second kappa shape index (κ2) is 10.1. The first kappa shape index (κ1) is 25.1. The minimum absolute atomic E-state index is 0.132. The van der Waals surface area contributed by atoms with Gasteiger partial charge in [0.2, 0.25) is 10.0 Å². The number of nitrogens with zero attached hydrogens (tertiary/aromatic N) is 2. The standard InChI is InChI=1S/C31H25N3O3S2/c32-39(35,36)30-18-23-16-17-28(19-29(23)38-30)37-21-27-20-34(22-33-27)31(24-10-4-1-5-11-24,25-12-6-2-7-13-25)26-14-8-3-9-15-26/h1-20,22H,21H2,(H2,32,35,36). The minimum Gasteiger partial charge on any atom is -0.487 e. The number of fused-ring (bicyclic) bond motifs is 1. The summed E-state index contributed by atoms with van der Waals surface area (Å²) in [5.74, 6) is 0.625. The zero-order valence-electron chi connectivity index (χ0n) is 20.8. The van der Waals surface area contributed by atoms with Gasteiger partial charge in [-0.15, -0.1) is 11.3 Å². The first-order valence-corrected chi connectivity index (χ1v) is 14.7. The first-order chi connectivity index (χ1) is 18.9. The zero-order valence-corrected chi connectivity index (χ0v) is 22.5. The van der Waals surface area contributed by atoms with Crippen LogP contribution in [0, 0.1) is 0 Å². The van der Waals surface area contributed by atoms with Crippen LogP contribution >= 0.6 is 11.3 Å². The van der Waals surface area contributed by atoms with Crippen LogP contribution < -0.4 is 9.88 Å². The van der Waals surface area contributed by atoms with Gasteiger partial charge in [0, 0.05) is 10.9 Å². The number of hydrogen-bond donors (Lipinski definition) is 1. The summed E-state index contributed by atoms with van der Waals surface area (Å²) in [6.45, 7) is 0.250. The molecule has 0 saturated heterocycles. The maximum Gasteiger partial charge on any atom is 0.247 e. The van der Waals surface area contributed by atoms with Crippen molar-refractivity contribution in [3.05, 3.63) is 150 Å². The molecule has 0 spiro atoms. The van der Waals surface area contributed by atoms with Crippen molar-refractivity contribution in [3.63, 3.8) is 0 Å². The maximum absolute atomic E-state index is 11.7. The van der Waals surface area contributed by atoms with Crippen LogP contribution in [0.3, 0.4) is 0 Å². The highest BCUT2D eigenvalue weighted by Crippen LogP contribution is 2.41. The normalized spacial score (nSPS) is 12.0. The van der Waals surface area contributed by atoms with Crippen molar-refractivity contribution < 1.29 is 13.2 Å². The molecule has 0 aliphatic rings. The van der Waals surface area contributed by atoms with Gasteiger partial charge in [-0.1, -0.05) is 91.0 Å². The van der Waals surface area contributed by atoms with Crippen LogP contribution in [0.1, 0.15) is 22.4 Å². The Morgan fingerprint density at radius 1 is 0.795 bits per heavy atom. The van der Waals surface area contributed by atoms with E-state index in [2.05, 4.69) is 77.4 Å². The second-order valence-electron chi connectivity index (χ2n) is 9.18. The van der Waals surface area contributed by atoms with Gasteiger partial charge < -0.3 is 9.30 Å². The van der Waals surface area contributed by atoms with Gasteiger partial charge in [0.25, 0.3) is 0 Å². The van der Waals surface area contributed by atoms with Gasteiger partial charge in [0.1, 0.15) is 22.1 Å². The average Bonchev–Trinajstić information content (AvgIpc) is 3.62. The van der Waals surface area contributed by atoms with E-state index in [1.807, 2.05) is 48.9 Å². The van der Waals surface area contributed by atoms with Gasteiger partial charge >= 0.3 is 0 Å². The molecule has 0 saturated carbocycles. The molecule has 2 aromatic heterocycles. The molecule has 39 heavy (non-hydrogen) atoms. The predicted octanol–water partition coefficient (Wildman–Crippen LogP) is 6.16. The van der Waals surface area contributed by atoms with Gasteiger partial charge in [-0.25, -0.2) is 18.5 Å². The molecular formula is C31H25N3O3S2. The van der Waals surface area contributed by atoms with E-state index >= 15 is 0 Å². The fourth-order valence-electron chi connectivity index (χ4n) is 4.98. The lowest BCUT2D eigenvalue weighted by Crippen LogP contribution is -2.36. The number of thiophene rings is 1. The number of hydrogen-bond acceptors (Lipinski definition) is 5. The molecule has 0 aliphatic carbocycles. The predicted molar refractivity (Wildman–Crippen MR) is 154 cm³/mol. The quantitative estimate of drug-likeness (QED) is 0.229. The van der Waals surface area contributed by atoms with E-state index in [0.29, 0.717) is 5.75 Å². The molecule has 8 heteroatoms. The number of aromatic nitrogens is 2. The van der Waals surface area contributed by atoms with Gasteiger partial charge in [-0.2, -0.15) is 0 Å². The lowest BCUT2D eigenvalue weighted by Gasteiger charge is -2.37. The Hall–Kier alpha value is -4.24. The summed E-state index contributed by atoms with van der Waals surface area (Å²) in [6, 6.07) is 38.3. The van der Waals surface area contributed by atoms with Crippen LogP contribution in [0.15, 0.2) is 132 Å². The monoisotopic (exact) mass is 551 g/mol. The van der Waals surface area contributed by atoms with Gasteiger partial charge in [0.15, 0.2) is 0 Å². The highest BCUT2D eigenvalue weighted by molar-refractivity contribution is 7.91. The summed E-state index contributed by atoms with van der Waals surface area (Å²) >= 11 is 1.13. The average molecular weight is 552 g/mol. The number of benzene rings is 4. The SMILES string of the molecule is NS(=O)(=O)c1cc2ccc(OCc3cn(C(c4ccccc4)(c4ccccc4)c4ccccc4)cn3)cc2s1. The molecule has 0 amide bonds. The number of ether oxygens (including phenoxy) is 1. The molecule has 6 rings (SSSR count). The van der Waals surface area contributed by atoms with Crippen LogP contribution in [-0.2, 0) is 22.2 Å². The summed E-state index contributed by atoms with van der Waals surface area (Å²) in [5, 5.41) is 6.10. The maximum atomic E-state index is 11.7. The van der Waals surface area contributed by atoms with Crippen molar-refractivity contribution in [2.24, 2.45) is 5.14 Å². The van der Waals surface area contributed by atoms with Crippen molar-refractivity contribution in [3.8, 4) is 5.75 Å². The molecule has 2 heterocycles. The van der Waals surface area contributed by atoms with Crippen LogP contribution in [-0.4, -0.2) is 18.0 Å². The van der Waals surface area contributed by atoms with E-state index in [9.17, 15) is 8.42 Å². The van der Waals surface area contributed by atoms with E-state index in [-0.39, 0.29) is 10.8 Å². The molecule has 0 unspecified atom stereocenters. The molecule has 0 atom stereocenters. The van der Waals surface area contributed by atoms with Crippen LogP contribution in [0.2, 0.25) is 0 Å². The summed E-state index contributed by atoms with van der Waals surface area (Å²) in [5.41, 5.74) is 3.46. The van der Waals surface area contributed by atoms with E-state index < -0.39 is 15.6 Å². The molecule has 6 nitrogen and oxygen atoms in total. The number of primary sulfonamides is 1. The van der Waals surface area contributed by atoms with Crippen molar-refractivity contribution >= 4 is 31.4 Å². The second-order valence-corrected chi connectivity index (χ2v) is 12.1. The third-order valence-corrected chi connectivity index (χ3v) is 9.25. The Morgan fingerprint density at radius 2 is 1.36 bits per heavy atom. The van der Waals surface area contributed by atoms with Crippen molar-refractivity contribution in [1.29, 1.82) is 0 Å². The number of nitrogens with two attached hydrogens (primary N) is 1. The molecule has 0 fully saturated rings. The number of sulfonamides is 1. The molecular weight excluding hydrogens is 526 g/mol. The van der Waals surface area contributed by atoms with E-state index in [0.717, 1.165) is 43.8 Å². The highest BCUT2D eigenvalue weighted by atomic mass is 32.2. The highest BCUT2D eigenvalue weighted by Gasteiger charge is 2.38. The van der Waals surface area contributed by atoms with Crippen LogP contribution in [0.5, 0.6) is 5.75 Å². The van der Waals surface area contributed by atoms with E-state index in [4.69, 9.17) is 14.9 Å². The Morgan fingerprint density at radius 3 is 1.90 bits per heavy atom. The topological polar surface area (TPSA) is 87.2 Å². The summed E-state index contributed by atoms with van der Waals surface area (Å²) in [4.78, 5) is 4.72. The van der Waals surface area contributed by atoms with E-state index in [1.54, 1.807) is 6.07 Å². The van der Waals surface area contributed by atoms with Crippen molar-refractivity contribution in [1.82, 2.24) is 9.55 Å². The molecule has 0 bridgehead atoms. The Kier molecular flexibility index (Phi) is 6.52. The lowest BCUT2D eigenvalue weighted by atomic mass is 9.77. The van der Waals surface area contributed by atoms with Gasteiger partial charge in [0.05, 0.1) is 12.0 Å². The minimum atomic E-state index is -3.75. The van der Waals surface area contributed by atoms with Crippen LogP contribution in [0.4, 0.5) is 0 Å². The molecule has 194 valence electrons. The Bertz CT molecular complexity index is 1740. The van der Waals surface area contributed by atoms with Crippen molar-refractivity contribution in [2.75, 3.05) is 0 Å². The number of imidazole rings is 1. The zero-order chi connectivity index (χ0) is 26.9. The van der Waals surface area contributed by atoms with Crippen LogP contribution in [0.25, 0.3) is 10.1 Å². The third kappa shape index (κ3) is 4.74. The summed E-state index contributed by atoms with van der Waals surface area (Å²) in [6.07, 6.45) is 3.88. The molecule has 0 radical (unpaired) electrons. The fourth-order valence-corrected chi connectivity index (χ4v) is 6.83. The molecule has 2 N–H and O–H groups in total. The molecule has 6 aromatic rings. The smallest absolute Gasteiger partial charge is 0.247 e. The molecule has 4 aromatic carbocycles. The number of rotatable bonds is 8. The van der Waals surface area contributed by atoms with E-state index in [1.165, 1.54) is 0 Å². The largest absolute Gasteiger partial charge is 0.487 e. The first-order valence-electron chi connectivity index (χ1n) is 12.3. The Labute approximate surface area is 231 Å². The summed E-state index contributed by atoms with van der Waals surface area (Å²) in [7, 11) is -3.75. The van der Waals surface area contributed by atoms with Gasteiger partial charge in [-0.05, 0) is 46.3 Å². The Balaban J connectivity index is 1.38. The third-order valence-electron chi connectivity index (χ3n) is 6.73.